The molecule has 0 aliphatic carbocycles. The number of fused-ring (bicyclic) bond motifs is 1. The fourth-order valence-corrected chi connectivity index (χ4v) is 2.85. The molecule has 5 heteroatoms. The standard InChI is InChI=1S/C17H17F3N2/c1-12-9-13-5-2-3-8-16(13)22(12)11-21-15-7-4-6-14(10-15)17(18,19)20/h2-8,10,12,21H,9,11H2,1H3. The van der Waals surface area contributed by atoms with Crippen LogP contribution in [-0.2, 0) is 12.6 Å². The first-order valence-corrected chi connectivity index (χ1v) is 7.21. The Morgan fingerprint density at radius 1 is 1.14 bits per heavy atom. The molecule has 0 fully saturated rings. The Balaban J connectivity index is 1.73. The van der Waals surface area contributed by atoms with Gasteiger partial charge in [-0.05, 0) is 43.2 Å². The van der Waals surface area contributed by atoms with Crippen molar-refractivity contribution in [2.45, 2.75) is 25.6 Å². The summed E-state index contributed by atoms with van der Waals surface area (Å²) in [5.41, 5.74) is 2.27. The maximum atomic E-state index is 12.7. The van der Waals surface area contributed by atoms with Gasteiger partial charge in [0.1, 0.15) is 0 Å². The Morgan fingerprint density at radius 2 is 1.91 bits per heavy atom. The monoisotopic (exact) mass is 306 g/mol. The number of nitrogens with one attached hydrogen (secondary N) is 1. The number of hydrogen-bond donors (Lipinski definition) is 1. The number of alkyl halides is 3. The fraction of sp³-hybridized carbons (Fsp3) is 0.294. The molecule has 1 unspecified atom stereocenters. The van der Waals surface area contributed by atoms with Crippen molar-refractivity contribution in [2.24, 2.45) is 0 Å². The van der Waals surface area contributed by atoms with Crippen LogP contribution in [0.15, 0.2) is 48.5 Å². The maximum absolute atomic E-state index is 12.7. The van der Waals surface area contributed by atoms with E-state index in [0.29, 0.717) is 18.4 Å². The number of halogens is 3. The topological polar surface area (TPSA) is 15.3 Å². The average Bonchev–Trinajstić information content (AvgIpc) is 2.80. The number of nitrogens with zero attached hydrogens (tertiary/aromatic N) is 1. The molecular formula is C17H17F3N2. The highest BCUT2D eigenvalue weighted by Gasteiger charge is 2.30. The molecule has 0 bridgehead atoms. The van der Waals surface area contributed by atoms with Crippen molar-refractivity contribution < 1.29 is 13.2 Å². The summed E-state index contributed by atoms with van der Waals surface area (Å²) >= 11 is 0. The smallest absolute Gasteiger partial charge is 0.368 e. The third kappa shape index (κ3) is 2.89. The van der Waals surface area contributed by atoms with Gasteiger partial charge in [-0.2, -0.15) is 13.2 Å². The van der Waals surface area contributed by atoms with Gasteiger partial charge in [-0.1, -0.05) is 24.3 Å². The number of anilines is 2. The van der Waals surface area contributed by atoms with Crippen LogP contribution in [0.25, 0.3) is 0 Å². The second-order valence-corrected chi connectivity index (χ2v) is 5.57. The quantitative estimate of drug-likeness (QED) is 0.896. The number of hydrogen-bond acceptors (Lipinski definition) is 2. The van der Waals surface area contributed by atoms with E-state index in [2.05, 4.69) is 23.2 Å². The lowest BCUT2D eigenvalue weighted by Crippen LogP contribution is -2.34. The Morgan fingerprint density at radius 3 is 2.68 bits per heavy atom. The van der Waals surface area contributed by atoms with Crippen LogP contribution in [0.1, 0.15) is 18.1 Å². The van der Waals surface area contributed by atoms with Gasteiger partial charge in [-0.15, -0.1) is 0 Å². The summed E-state index contributed by atoms with van der Waals surface area (Å²) in [4.78, 5) is 2.18. The molecular weight excluding hydrogens is 289 g/mol. The lowest BCUT2D eigenvalue weighted by atomic mass is 10.1. The third-order valence-corrected chi connectivity index (χ3v) is 3.99. The first-order chi connectivity index (χ1) is 10.4. The number of rotatable bonds is 3. The average molecular weight is 306 g/mol. The van der Waals surface area contributed by atoms with Gasteiger partial charge >= 0.3 is 6.18 Å². The molecule has 1 N–H and O–H groups in total. The maximum Gasteiger partial charge on any atom is 0.416 e. The van der Waals surface area contributed by atoms with Gasteiger partial charge in [0.05, 0.1) is 12.2 Å². The summed E-state index contributed by atoms with van der Waals surface area (Å²) in [6, 6.07) is 13.8. The minimum atomic E-state index is -4.31. The van der Waals surface area contributed by atoms with Gasteiger partial charge in [-0.3, -0.25) is 0 Å². The van der Waals surface area contributed by atoms with Crippen LogP contribution < -0.4 is 10.2 Å². The van der Waals surface area contributed by atoms with Crippen molar-refractivity contribution in [2.75, 3.05) is 16.9 Å². The molecule has 0 saturated carbocycles. The van der Waals surface area contributed by atoms with Crippen molar-refractivity contribution in [3.05, 3.63) is 59.7 Å². The van der Waals surface area contributed by atoms with Crippen LogP contribution in [-0.4, -0.2) is 12.7 Å². The van der Waals surface area contributed by atoms with Gasteiger partial charge in [-0.25, -0.2) is 0 Å². The second kappa shape index (κ2) is 5.55. The van der Waals surface area contributed by atoms with E-state index in [9.17, 15) is 13.2 Å². The molecule has 0 radical (unpaired) electrons. The Labute approximate surface area is 127 Å². The van der Waals surface area contributed by atoms with Crippen molar-refractivity contribution in [1.82, 2.24) is 0 Å². The highest BCUT2D eigenvalue weighted by molar-refractivity contribution is 5.60. The fourth-order valence-electron chi connectivity index (χ4n) is 2.85. The van der Waals surface area contributed by atoms with Crippen molar-refractivity contribution in [1.29, 1.82) is 0 Å². The minimum Gasteiger partial charge on any atom is -0.368 e. The molecule has 0 spiro atoms. The molecule has 0 aromatic heterocycles. The molecule has 0 saturated heterocycles. The highest BCUT2D eigenvalue weighted by atomic mass is 19.4. The summed E-state index contributed by atoms with van der Waals surface area (Å²) in [5.74, 6) is 0. The number of benzene rings is 2. The highest BCUT2D eigenvalue weighted by Crippen LogP contribution is 2.33. The summed E-state index contributed by atoms with van der Waals surface area (Å²) in [5, 5.41) is 3.10. The molecule has 2 aromatic rings. The predicted molar refractivity (Wildman–Crippen MR) is 82.0 cm³/mol. The second-order valence-electron chi connectivity index (χ2n) is 5.57. The normalized spacial score (nSPS) is 17.5. The van der Waals surface area contributed by atoms with E-state index < -0.39 is 11.7 Å². The summed E-state index contributed by atoms with van der Waals surface area (Å²) in [6.07, 6.45) is -3.36. The van der Waals surface area contributed by atoms with Gasteiger partial charge < -0.3 is 10.2 Å². The van der Waals surface area contributed by atoms with E-state index in [-0.39, 0.29) is 0 Å². The summed E-state index contributed by atoms with van der Waals surface area (Å²) in [6.45, 7) is 2.60. The zero-order valence-electron chi connectivity index (χ0n) is 12.2. The molecule has 3 rings (SSSR count). The Bertz CT molecular complexity index is 667. The molecule has 2 aromatic carbocycles. The molecule has 1 atom stereocenters. The van der Waals surface area contributed by atoms with E-state index in [4.69, 9.17) is 0 Å². The van der Waals surface area contributed by atoms with E-state index in [1.807, 2.05) is 18.2 Å². The van der Waals surface area contributed by atoms with Crippen LogP contribution >= 0.6 is 0 Å². The SMILES string of the molecule is CC1Cc2ccccc2N1CNc1cccc(C(F)(F)F)c1. The largest absolute Gasteiger partial charge is 0.416 e. The molecule has 2 nitrogen and oxygen atoms in total. The van der Waals surface area contributed by atoms with E-state index in [1.165, 1.54) is 11.6 Å². The predicted octanol–water partition coefficient (Wildman–Crippen LogP) is 4.53. The summed E-state index contributed by atoms with van der Waals surface area (Å²) in [7, 11) is 0. The van der Waals surface area contributed by atoms with E-state index in [0.717, 1.165) is 24.2 Å². The molecule has 1 aliphatic heterocycles. The van der Waals surface area contributed by atoms with Crippen LogP contribution in [0.3, 0.4) is 0 Å². The van der Waals surface area contributed by atoms with Gasteiger partial charge in [0.25, 0.3) is 0 Å². The van der Waals surface area contributed by atoms with Gasteiger partial charge in [0, 0.05) is 17.4 Å². The number of para-hydroxylation sites is 1. The first kappa shape index (κ1) is 14.8. The molecule has 1 aliphatic rings. The van der Waals surface area contributed by atoms with E-state index in [1.54, 1.807) is 6.07 Å². The lowest BCUT2D eigenvalue weighted by Gasteiger charge is -2.26. The van der Waals surface area contributed by atoms with Crippen molar-refractivity contribution in [3.63, 3.8) is 0 Å². The molecule has 22 heavy (non-hydrogen) atoms. The van der Waals surface area contributed by atoms with Crippen LogP contribution in [0.4, 0.5) is 24.5 Å². The molecule has 116 valence electrons. The van der Waals surface area contributed by atoms with E-state index >= 15 is 0 Å². The zero-order valence-corrected chi connectivity index (χ0v) is 12.2. The van der Waals surface area contributed by atoms with Gasteiger partial charge in [0.2, 0.25) is 0 Å². The lowest BCUT2D eigenvalue weighted by molar-refractivity contribution is -0.137. The van der Waals surface area contributed by atoms with Crippen molar-refractivity contribution >= 4 is 11.4 Å². The van der Waals surface area contributed by atoms with Gasteiger partial charge in [0.15, 0.2) is 0 Å². The Hall–Kier alpha value is -2.17. The summed E-state index contributed by atoms with van der Waals surface area (Å²) < 4.78 is 38.2. The molecule has 1 heterocycles. The third-order valence-electron chi connectivity index (χ3n) is 3.99. The van der Waals surface area contributed by atoms with Crippen LogP contribution in [0.5, 0.6) is 0 Å². The van der Waals surface area contributed by atoms with Crippen LogP contribution in [0, 0.1) is 0 Å². The minimum absolute atomic E-state index is 0.329. The first-order valence-electron chi connectivity index (χ1n) is 7.21. The molecule has 0 amide bonds. The van der Waals surface area contributed by atoms with Crippen LogP contribution in [0.2, 0.25) is 0 Å². The Kier molecular flexibility index (Phi) is 3.72. The van der Waals surface area contributed by atoms with Crippen molar-refractivity contribution in [3.8, 4) is 0 Å². The zero-order chi connectivity index (χ0) is 15.7.